The van der Waals surface area contributed by atoms with E-state index < -0.39 is 0 Å². The van der Waals surface area contributed by atoms with Gasteiger partial charge in [-0.15, -0.1) is 0 Å². The van der Waals surface area contributed by atoms with E-state index in [0.29, 0.717) is 31.3 Å². The van der Waals surface area contributed by atoms with Crippen molar-refractivity contribution < 1.29 is 14.3 Å². The van der Waals surface area contributed by atoms with E-state index in [2.05, 4.69) is 5.32 Å². The molecule has 3 N–H and O–H groups in total. The third-order valence-electron chi connectivity index (χ3n) is 5.95. The Kier molecular flexibility index (Phi) is 4.37. The first kappa shape index (κ1) is 16.4. The van der Waals surface area contributed by atoms with Crippen molar-refractivity contribution in [2.45, 2.75) is 31.7 Å². The molecule has 1 heterocycles. The fraction of sp³-hybridized carbons (Fsp3) is 0.579. The number of amides is 2. The van der Waals surface area contributed by atoms with Crippen LogP contribution in [0.4, 0.5) is 5.69 Å². The zero-order valence-corrected chi connectivity index (χ0v) is 14.3. The van der Waals surface area contributed by atoms with E-state index in [1.54, 1.807) is 4.90 Å². The second-order valence-corrected chi connectivity index (χ2v) is 7.38. The number of nitrogens with zero attached hydrogens (tertiary/aromatic N) is 1. The van der Waals surface area contributed by atoms with Crippen LogP contribution in [0, 0.1) is 17.8 Å². The first-order valence-electron chi connectivity index (χ1n) is 9.20. The van der Waals surface area contributed by atoms with Crippen LogP contribution >= 0.6 is 0 Å². The maximum Gasteiger partial charge on any atom is 0.265 e. The molecule has 2 fully saturated rings. The summed E-state index contributed by atoms with van der Waals surface area (Å²) in [6, 6.07) is 7.57. The summed E-state index contributed by atoms with van der Waals surface area (Å²) in [5.74, 6) is 1.76. The summed E-state index contributed by atoms with van der Waals surface area (Å²) in [5, 5.41) is 3.03. The van der Waals surface area contributed by atoms with Gasteiger partial charge in [-0.3, -0.25) is 9.59 Å². The SMILES string of the molecule is NC1C2CCC(C2)C1C(=O)NCCCN1C(=O)COc2ccccc21. The monoisotopic (exact) mass is 343 g/mol. The van der Waals surface area contributed by atoms with E-state index in [4.69, 9.17) is 10.5 Å². The number of rotatable bonds is 5. The molecule has 2 aliphatic carbocycles. The molecule has 0 spiro atoms. The Morgan fingerprint density at radius 1 is 1.28 bits per heavy atom. The highest BCUT2D eigenvalue weighted by Crippen LogP contribution is 2.47. The van der Waals surface area contributed by atoms with Crippen LogP contribution in [0.5, 0.6) is 5.75 Å². The number of ether oxygens (including phenoxy) is 1. The summed E-state index contributed by atoms with van der Waals surface area (Å²) in [4.78, 5) is 26.3. The molecule has 134 valence electrons. The van der Waals surface area contributed by atoms with Crippen molar-refractivity contribution in [1.82, 2.24) is 5.32 Å². The van der Waals surface area contributed by atoms with Gasteiger partial charge in [0.15, 0.2) is 6.61 Å². The summed E-state index contributed by atoms with van der Waals surface area (Å²) in [6.07, 6.45) is 4.13. The quantitative estimate of drug-likeness (QED) is 0.789. The van der Waals surface area contributed by atoms with Gasteiger partial charge < -0.3 is 20.7 Å². The molecule has 0 radical (unpaired) electrons. The second-order valence-electron chi connectivity index (χ2n) is 7.38. The zero-order valence-electron chi connectivity index (χ0n) is 14.3. The molecule has 1 aliphatic heterocycles. The summed E-state index contributed by atoms with van der Waals surface area (Å²) in [5.41, 5.74) is 7.04. The number of hydrogen-bond acceptors (Lipinski definition) is 4. The zero-order chi connectivity index (χ0) is 17.4. The number of carbonyl (C=O) groups is 2. The molecule has 25 heavy (non-hydrogen) atoms. The summed E-state index contributed by atoms with van der Waals surface area (Å²) in [6.45, 7) is 1.21. The van der Waals surface area contributed by atoms with Crippen molar-refractivity contribution >= 4 is 17.5 Å². The minimum atomic E-state index is -0.0415. The molecular weight excluding hydrogens is 318 g/mol. The molecule has 6 heteroatoms. The third-order valence-corrected chi connectivity index (χ3v) is 5.95. The van der Waals surface area contributed by atoms with Gasteiger partial charge in [0, 0.05) is 19.1 Å². The van der Waals surface area contributed by atoms with Gasteiger partial charge >= 0.3 is 0 Å². The minimum absolute atomic E-state index is 0.0199. The standard InChI is InChI=1S/C19H25N3O3/c20-18-13-7-6-12(10-13)17(18)19(24)21-8-3-9-22-14-4-1-2-5-15(14)25-11-16(22)23/h1-2,4-5,12-13,17-18H,3,6-11,20H2,(H,21,24). The van der Waals surface area contributed by atoms with E-state index in [1.807, 2.05) is 24.3 Å². The predicted octanol–water partition coefficient (Wildman–Crippen LogP) is 1.29. The van der Waals surface area contributed by atoms with E-state index in [0.717, 1.165) is 24.3 Å². The van der Waals surface area contributed by atoms with Gasteiger partial charge in [0.1, 0.15) is 5.75 Å². The lowest BCUT2D eigenvalue weighted by molar-refractivity contribution is -0.127. The van der Waals surface area contributed by atoms with Gasteiger partial charge in [0.2, 0.25) is 5.91 Å². The molecule has 2 saturated carbocycles. The molecule has 4 atom stereocenters. The van der Waals surface area contributed by atoms with Gasteiger partial charge in [-0.2, -0.15) is 0 Å². The van der Waals surface area contributed by atoms with Crippen molar-refractivity contribution in [1.29, 1.82) is 0 Å². The van der Waals surface area contributed by atoms with Gasteiger partial charge in [-0.1, -0.05) is 12.1 Å². The number of fused-ring (bicyclic) bond motifs is 3. The highest BCUT2D eigenvalue weighted by molar-refractivity contribution is 5.97. The minimum Gasteiger partial charge on any atom is -0.482 e. The third kappa shape index (κ3) is 2.99. The molecule has 3 aliphatic rings. The molecule has 1 aromatic carbocycles. The Labute approximate surface area is 147 Å². The summed E-state index contributed by atoms with van der Waals surface area (Å²) in [7, 11) is 0. The summed E-state index contributed by atoms with van der Waals surface area (Å²) < 4.78 is 5.44. The number of anilines is 1. The normalized spacial score (nSPS) is 30.1. The van der Waals surface area contributed by atoms with Gasteiger partial charge in [0.25, 0.3) is 5.91 Å². The largest absolute Gasteiger partial charge is 0.482 e. The lowest BCUT2D eigenvalue weighted by Crippen LogP contribution is -2.46. The van der Waals surface area contributed by atoms with E-state index in [9.17, 15) is 9.59 Å². The molecule has 0 saturated heterocycles. The molecule has 4 unspecified atom stereocenters. The molecule has 4 rings (SSSR count). The number of hydrogen-bond donors (Lipinski definition) is 2. The number of nitrogens with two attached hydrogens (primary N) is 1. The van der Waals surface area contributed by atoms with E-state index in [-0.39, 0.29) is 30.4 Å². The molecule has 2 amide bonds. The Bertz CT molecular complexity index is 676. The lowest BCUT2D eigenvalue weighted by atomic mass is 9.84. The van der Waals surface area contributed by atoms with Gasteiger partial charge in [-0.25, -0.2) is 0 Å². The first-order chi connectivity index (χ1) is 12.1. The molecule has 6 nitrogen and oxygen atoms in total. The van der Waals surface area contributed by atoms with Crippen LogP contribution in [0.15, 0.2) is 24.3 Å². The van der Waals surface area contributed by atoms with Crippen LogP contribution in [0.25, 0.3) is 0 Å². The van der Waals surface area contributed by atoms with Gasteiger partial charge in [0.05, 0.1) is 11.6 Å². The highest BCUT2D eigenvalue weighted by atomic mass is 16.5. The van der Waals surface area contributed by atoms with Crippen molar-refractivity contribution in [2.75, 3.05) is 24.6 Å². The second kappa shape index (κ2) is 6.67. The molecule has 2 bridgehead atoms. The number of nitrogens with one attached hydrogen (secondary N) is 1. The Morgan fingerprint density at radius 3 is 2.88 bits per heavy atom. The van der Waals surface area contributed by atoms with Gasteiger partial charge in [-0.05, 0) is 49.7 Å². The van der Waals surface area contributed by atoms with Crippen molar-refractivity contribution in [3.8, 4) is 5.75 Å². The maximum atomic E-state index is 12.5. The highest BCUT2D eigenvalue weighted by Gasteiger charge is 2.48. The fourth-order valence-corrected chi connectivity index (χ4v) is 4.69. The topological polar surface area (TPSA) is 84.7 Å². The smallest absolute Gasteiger partial charge is 0.265 e. The Morgan fingerprint density at radius 2 is 2.08 bits per heavy atom. The Hall–Kier alpha value is -2.08. The maximum absolute atomic E-state index is 12.5. The van der Waals surface area contributed by atoms with E-state index in [1.165, 1.54) is 6.42 Å². The number of benzene rings is 1. The van der Waals surface area contributed by atoms with Crippen molar-refractivity contribution in [3.63, 3.8) is 0 Å². The average molecular weight is 343 g/mol. The fourth-order valence-electron chi connectivity index (χ4n) is 4.69. The first-order valence-corrected chi connectivity index (χ1v) is 9.20. The van der Waals surface area contributed by atoms with Crippen LogP contribution in [-0.4, -0.2) is 37.6 Å². The van der Waals surface area contributed by atoms with Crippen LogP contribution in [0.3, 0.4) is 0 Å². The van der Waals surface area contributed by atoms with Crippen LogP contribution in [0.2, 0.25) is 0 Å². The van der Waals surface area contributed by atoms with E-state index >= 15 is 0 Å². The molecular formula is C19H25N3O3. The number of para-hydroxylation sites is 2. The molecule has 0 aromatic heterocycles. The predicted molar refractivity (Wildman–Crippen MR) is 94.2 cm³/mol. The Balaban J connectivity index is 1.29. The van der Waals surface area contributed by atoms with Crippen LogP contribution < -0.4 is 20.7 Å². The summed E-state index contributed by atoms with van der Waals surface area (Å²) >= 11 is 0. The van der Waals surface area contributed by atoms with Crippen LogP contribution in [-0.2, 0) is 9.59 Å². The lowest BCUT2D eigenvalue weighted by Gasteiger charge is -2.29. The molecule has 1 aromatic rings. The number of carbonyl (C=O) groups excluding carboxylic acids is 2. The van der Waals surface area contributed by atoms with Crippen molar-refractivity contribution in [2.24, 2.45) is 23.5 Å². The van der Waals surface area contributed by atoms with Crippen LogP contribution in [0.1, 0.15) is 25.7 Å². The van der Waals surface area contributed by atoms with Crippen molar-refractivity contribution in [3.05, 3.63) is 24.3 Å². The average Bonchev–Trinajstić information content (AvgIpc) is 3.21.